The van der Waals surface area contributed by atoms with E-state index in [4.69, 9.17) is 19.4 Å². The smallest absolute Gasteiger partial charge is 0.164 e. The van der Waals surface area contributed by atoms with Crippen molar-refractivity contribution in [1.82, 2.24) is 15.0 Å². The van der Waals surface area contributed by atoms with Gasteiger partial charge in [0.1, 0.15) is 11.2 Å². The van der Waals surface area contributed by atoms with Crippen molar-refractivity contribution < 1.29 is 4.42 Å². The summed E-state index contributed by atoms with van der Waals surface area (Å²) in [4.78, 5) is 15.7. The van der Waals surface area contributed by atoms with Crippen LogP contribution in [0.1, 0.15) is 0 Å². The zero-order valence-electron chi connectivity index (χ0n) is 29.9. The van der Waals surface area contributed by atoms with Gasteiger partial charge in [0.25, 0.3) is 0 Å². The van der Waals surface area contributed by atoms with Crippen LogP contribution in [-0.2, 0) is 0 Å². The molecule has 0 aliphatic rings. The Morgan fingerprint density at radius 1 is 0.339 bits per heavy atom. The summed E-state index contributed by atoms with van der Waals surface area (Å²) in [6.07, 6.45) is 0. The van der Waals surface area contributed by atoms with Gasteiger partial charge in [-0.1, -0.05) is 152 Å². The largest absolute Gasteiger partial charge is 0.456 e. The fraction of sp³-hybridized carbons (Fsp3) is 0. The van der Waals surface area contributed by atoms with E-state index in [0.29, 0.717) is 17.5 Å². The molecular weight excluding hydrogens is 703 g/mol. The molecule has 3 aromatic heterocycles. The first kappa shape index (κ1) is 31.2. The number of hydrogen-bond acceptors (Lipinski definition) is 5. The third-order valence-corrected chi connectivity index (χ3v) is 12.3. The standard InChI is InChI=1S/C51H29N3OS/c1-2-13-30(14-3-1)49-52-50(31-27-28-36-34-17-5-4-15-32(34)33-16-6-7-18-35(33)42(36)29-31)54-51(53-49)41-23-12-25-44-47(41)46-38(20-11-24-43(46)55-44)40-22-10-21-39-37-19-8-9-26-45(37)56-48(39)40/h1-29H. The van der Waals surface area contributed by atoms with Crippen molar-refractivity contribution in [1.29, 1.82) is 0 Å². The van der Waals surface area contributed by atoms with Gasteiger partial charge in [0, 0.05) is 53.2 Å². The lowest BCUT2D eigenvalue weighted by molar-refractivity contribution is 0.669. The number of hydrogen-bond donors (Lipinski definition) is 0. The molecule has 4 nitrogen and oxygen atoms in total. The molecule has 0 atom stereocenters. The van der Waals surface area contributed by atoms with E-state index in [0.717, 1.165) is 44.2 Å². The Bertz CT molecular complexity index is 3510. The Balaban J connectivity index is 1.12. The fourth-order valence-corrected chi connectivity index (χ4v) is 9.86. The number of rotatable bonds is 4. The van der Waals surface area contributed by atoms with Gasteiger partial charge in [0.15, 0.2) is 17.5 Å². The molecule has 0 aliphatic carbocycles. The molecule has 0 radical (unpaired) electrons. The van der Waals surface area contributed by atoms with Crippen molar-refractivity contribution in [2.24, 2.45) is 0 Å². The van der Waals surface area contributed by atoms with Crippen LogP contribution < -0.4 is 0 Å². The topological polar surface area (TPSA) is 51.8 Å². The molecule has 260 valence electrons. The maximum Gasteiger partial charge on any atom is 0.164 e. The van der Waals surface area contributed by atoms with Crippen molar-refractivity contribution in [3.8, 4) is 45.3 Å². The highest BCUT2D eigenvalue weighted by Gasteiger charge is 2.22. The zero-order valence-corrected chi connectivity index (χ0v) is 30.7. The first-order chi connectivity index (χ1) is 27.8. The van der Waals surface area contributed by atoms with Gasteiger partial charge in [-0.15, -0.1) is 11.3 Å². The van der Waals surface area contributed by atoms with Gasteiger partial charge in [0.05, 0.1) is 0 Å². The Kier molecular flexibility index (Phi) is 6.76. The molecule has 0 N–H and O–H groups in total. The van der Waals surface area contributed by atoms with Crippen LogP contribution in [0.15, 0.2) is 180 Å². The highest BCUT2D eigenvalue weighted by atomic mass is 32.1. The Morgan fingerprint density at radius 3 is 1.59 bits per heavy atom. The fourth-order valence-electron chi connectivity index (χ4n) is 8.63. The van der Waals surface area contributed by atoms with E-state index in [2.05, 4.69) is 146 Å². The summed E-state index contributed by atoms with van der Waals surface area (Å²) in [7, 11) is 0. The van der Waals surface area contributed by atoms with Gasteiger partial charge in [0.2, 0.25) is 0 Å². The van der Waals surface area contributed by atoms with Crippen LogP contribution in [0.25, 0.3) is 120 Å². The van der Waals surface area contributed by atoms with Gasteiger partial charge in [-0.25, -0.2) is 15.0 Å². The molecule has 5 heteroatoms. The molecular formula is C51H29N3OS. The van der Waals surface area contributed by atoms with Crippen LogP contribution in [-0.4, -0.2) is 15.0 Å². The van der Waals surface area contributed by atoms with E-state index in [1.807, 2.05) is 41.7 Å². The molecule has 0 saturated carbocycles. The summed E-state index contributed by atoms with van der Waals surface area (Å²) in [5.41, 5.74) is 6.68. The second kappa shape index (κ2) is 12.2. The molecule has 12 aromatic rings. The molecule has 12 rings (SSSR count). The second-order valence-electron chi connectivity index (χ2n) is 14.3. The number of aromatic nitrogens is 3. The van der Waals surface area contributed by atoms with E-state index in [1.54, 1.807) is 0 Å². The molecule has 56 heavy (non-hydrogen) atoms. The predicted octanol–water partition coefficient (Wildman–Crippen LogP) is 14.3. The molecule has 9 aromatic carbocycles. The zero-order chi connectivity index (χ0) is 36.7. The summed E-state index contributed by atoms with van der Waals surface area (Å²) >= 11 is 1.84. The third-order valence-electron chi connectivity index (χ3n) is 11.1. The lowest BCUT2D eigenvalue weighted by Crippen LogP contribution is -2.00. The van der Waals surface area contributed by atoms with E-state index in [-0.39, 0.29) is 0 Å². The monoisotopic (exact) mass is 731 g/mol. The summed E-state index contributed by atoms with van der Waals surface area (Å²) < 4.78 is 9.18. The minimum Gasteiger partial charge on any atom is -0.456 e. The van der Waals surface area contributed by atoms with Crippen LogP contribution in [0.5, 0.6) is 0 Å². The van der Waals surface area contributed by atoms with Crippen LogP contribution in [0, 0.1) is 0 Å². The number of nitrogens with zero attached hydrogens (tertiary/aromatic N) is 3. The highest BCUT2D eigenvalue weighted by molar-refractivity contribution is 7.26. The lowest BCUT2D eigenvalue weighted by atomic mass is 9.93. The van der Waals surface area contributed by atoms with Crippen molar-refractivity contribution in [3.63, 3.8) is 0 Å². The summed E-state index contributed by atoms with van der Waals surface area (Å²) in [6.45, 7) is 0. The molecule has 0 spiro atoms. The maximum atomic E-state index is 6.63. The van der Waals surface area contributed by atoms with Crippen LogP contribution in [0.4, 0.5) is 0 Å². The number of thiophene rings is 1. The summed E-state index contributed by atoms with van der Waals surface area (Å²) in [5.74, 6) is 1.84. The average Bonchev–Trinajstić information content (AvgIpc) is 3.85. The molecule has 0 fully saturated rings. The van der Waals surface area contributed by atoms with E-state index in [9.17, 15) is 0 Å². The minimum atomic E-state index is 0.598. The lowest BCUT2D eigenvalue weighted by Gasteiger charge is -2.13. The summed E-state index contributed by atoms with van der Waals surface area (Å²) in [6, 6.07) is 61.9. The average molecular weight is 732 g/mol. The molecule has 0 amide bonds. The maximum absolute atomic E-state index is 6.63. The van der Waals surface area contributed by atoms with E-state index >= 15 is 0 Å². The number of benzene rings is 9. The van der Waals surface area contributed by atoms with Crippen molar-refractivity contribution >= 4 is 85.8 Å². The summed E-state index contributed by atoms with van der Waals surface area (Å²) in [5, 5.41) is 11.9. The quantitative estimate of drug-likeness (QED) is 0.169. The Labute approximate surface area is 325 Å². The molecule has 0 unspecified atom stereocenters. The molecule has 0 aliphatic heterocycles. The highest BCUT2D eigenvalue weighted by Crippen LogP contribution is 2.46. The first-order valence-corrected chi connectivity index (χ1v) is 19.6. The SMILES string of the molecule is c1ccc(-c2nc(-c3ccc4c5ccccc5c5ccccc5c4c3)nc(-c3cccc4oc5cccc(-c6cccc7c6sc6ccccc67)c5c34)n2)cc1. The van der Waals surface area contributed by atoms with Crippen molar-refractivity contribution in [2.75, 3.05) is 0 Å². The first-order valence-electron chi connectivity index (χ1n) is 18.8. The van der Waals surface area contributed by atoms with Crippen LogP contribution >= 0.6 is 11.3 Å². The molecule has 3 heterocycles. The Hall–Kier alpha value is -7.21. The van der Waals surface area contributed by atoms with Gasteiger partial charge in [-0.2, -0.15) is 0 Å². The van der Waals surface area contributed by atoms with Gasteiger partial charge in [-0.05, 0) is 62.1 Å². The van der Waals surface area contributed by atoms with Gasteiger partial charge in [-0.3, -0.25) is 0 Å². The van der Waals surface area contributed by atoms with Crippen LogP contribution in [0.3, 0.4) is 0 Å². The Morgan fingerprint density at radius 2 is 0.857 bits per heavy atom. The minimum absolute atomic E-state index is 0.598. The van der Waals surface area contributed by atoms with E-state index in [1.165, 1.54) is 58.1 Å². The number of fused-ring (bicyclic) bond motifs is 12. The number of furan rings is 1. The normalized spacial score (nSPS) is 11.9. The molecule has 0 bridgehead atoms. The van der Waals surface area contributed by atoms with Crippen molar-refractivity contribution in [3.05, 3.63) is 176 Å². The van der Waals surface area contributed by atoms with E-state index < -0.39 is 0 Å². The van der Waals surface area contributed by atoms with Crippen LogP contribution in [0.2, 0.25) is 0 Å². The second-order valence-corrected chi connectivity index (χ2v) is 15.3. The van der Waals surface area contributed by atoms with Crippen molar-refractivity contribution in [2.45, 2.75) is 0 Å². The van der Waals surface area contributed by atoms with Gasteiger partial charge >= 0.3 is 0 Å². The molecule has 0 saturated heterocycles. The predicted molar refractivity (Wildman–Crippen MR) is 234 cm³/mol. The third kappa shape index (κ3) is 4.68. The van der Waals surface area contributed by atoms with Gasteiger partial charge < -0.3 is 4.42 Å².